The lowest BCUT2D eigenvalue weighted by Gasteiger charge is -2.47. The predicted octanol–water partition coefficient (Wildman–Crippen LogP) is 4.76. The summed E-state index contributed by atoms with van der Waals surface area (Å²) in [7, 11) is 0. The fraction of sp³-hybridized carbons (Fsp3) is 0.694. The Kier molecular flexibility index (Phi) is 9.67. The van der Waals surface area contributed by atoms with Gasteiger partial charge in [-0.2, -0.15) is 9.97 Å². The summed E-state index contributed by atoms with van der Waals surface area (Å²) in [4.78, 5) is 35.6. The SMILES string of the molecule is CCN(CC)C(CN1CCN(c2cc(N3CCCC3)nc(N3CCCC3)n2)CC1)(C(=O)O)c1c(C)c(C)c2c(c1C)CCC(C)O2. The lowest BCUT2D eigenvalue weighted by Crippen LogP contribution is -2.61. The van der Waals surface area contributed by atoms with Crippen molar-refractivity contribution < 1.29 is 14.6 Å². The van der Waals surface area contributed by atoms with E-state index in [1.54, 1.807) is 0 Å². The van der Waals surface area contributed by atoms with E-state index in [4.69, 9.17) is 14.7 Å². The van der Waals surface area contributed by atoms with Gasteiger partial charge < -0.3 is 24.5 Å². The fourth-order valence-electron chi connectivity index (χ4n) is 8.48. The number of anilines is 3. The number of likely N-dealkylation sites (N-methyl/N-ethyl adjacent to an activating group) is 1. The van der Waals surface area contributed by atoms with E-state index in [-0.39, 0.29) is 6.10 Å². The number of carbonyl (C=O) groups is 1. The van der Waals surface area contributed by atoms with Crippen molar-refractivity contribution in [3.8, 4) is 5.75 Å². The third-order valence-corrected chi connectivity index (χ3v) is 11.2. The molecule has 3 saturated heterocycles. The molecule has 0 radical (unpaired) electrons. The van der Waals surface area contributed by atoms with Crippen molar-refractivity contribution >= 4 is 23.6 Å². The van der Waals surface area contributed by atoms with Crippen molar-refractivity contribution in [2.45, 2.75) is 91.7 Å². The lowest BCUT2D eigenvalue weighted by atomic mass is 9.76. The number of aliphatic carboxylic acids is 1. The smallest absolute Gasteiger partial charge is 0.330 e. The molecule has 10 nitrogen and oxygen atoms in total. The van der Waals surface area contributed by atoms with Crippen molar-refractivity contribution in [3.63, 3.8) is 0 Å². The Hall–Kier alpha value is -3.11. The average Bonchev–Trinajstić information content (AvgIpc) is 3.80. The summed E-state index contributed by atoms with van der Waals surface area (Å²) in [6, 6.07) is 2.18. The molecule has 4 aliphatic heterocycles. The van der Waals surface area contributed by atoms with E-state index in [0.29, 0.717) is 19.6 Å². The summed E-state index contributed by atoms with van der Waals surface area (Å²) in [6.45, 7) is 21.7. The van der Waals surface area contributed by atoms with Crippen LogP contribution in [0.2, 0.25) is 0 Å². The molecule has 252 valence electrons. The Labute approximate surface area is 275 Å². The maximum Gasteiger partial charge on any atom is 0.330 e. The third kappa shape index (κ3) is 5.91. The normalized spacial score (nSPS) is 21.9. The molecule has 1 N–H and O–H groups in total. The molecule has 0 aliphatic carbocycles. The zero-order chi connectivity index (χ0) is 32.6. The van der Waals surface area contributed by atoms with E-state index >= 15 is 0 Å². The summed E-state index contributed by atoms with van der Waals surface area (Å²) >= 11 is 0. The minimum Gasteiger partial charge on any atom is -0.490 e. The molecular formula is C36H55N7O3. The molecule has 3 fully saturated rings. The highest BCUT2D eigenvalue weighted by atomic mass is 16.5. The minimum atomic E-state index is -1.16. The first-order valence-electron chi connectivity index (χ1n) is 17.8. The summed E-state index contributed by atoms with van der Waals surface area (Å²) in [5.74, 6) is 3.10. The molecule has 6 rings (SSSR count). The average molecular weight is 634 g/mol. The van der Waals surface area contributed by atoms with Crippen molar-refractivity contribution in [2.24, 2.45) is 0 Å². The highest BCUT2D eigenvalue weighted by molar-refractivity contribution is 5.83. The Balaban J connectivity index is 1.30. The summed E-state index contributed by atoms with van der Waals surface area (Å²) in [5, 5.41) is 11.3. The number of carboxylic acids is 1. The van der Waals surface area contributed by atoms with Gasteiger partial charge in [0.05, 0.1) is 6.10 Å². The maximum atomic E-state index is 13.8. The van der Waals surface area contributed by atoms with E-state index < -0.39 is 11.5 Å². The van der Waals surface area contributed by atoms with Crippen molar-refractivity contribution in [1.29, 1.82) is 0 Å². The molecule has 10 heteroatoms. The zero-order valence-electron chi connectivity index (χ0n) is 29.1. The molecular weight excluding hydrogens is 578 g/mol. The lowest BCUT2D eigenvalue weighted by molar-refractivity contribution is -0.154. The number of rotatable bonds is 10. The second-order valence-electron chi connectivity index (χ2n) is 13.9. The van der Waals surface area contributed by atoms with Crippen LogP contribution in [0.4, 0.5) is 17.6 Å². The van der Waals surface area contributed by atoms with Gasteiger partial charge in [-0.3, -0.25) is 9.80 Å². The Bertz CT molecular complexity index is 1370. The van der Waals surface area contributed by atoms with Crippen LogP contribution in [0.15, 0.2) is 6.07 Å². The van der Waals surface area contributed by atoms with Crippen LogP contribution in [0.1, 0.15) is 80.7 Å². The molecule has 2 aromatic rings. The molecule has 0 saturated carbocycles. The number of benzene rings is 1. The Morgan fingerprint density at radius 3 is 2.00 bits per heavy atom. The van der Waals surface area contributed by atoms with Crippen LogP contribution in [0.5, 0.6) is 5.75 Å². The van der Waals surface area contributed by atoms with Crippen LogP contribution >= 0.6 is 0 Å². The quantitative estimate of drug-likeness (QED) is 0.395. The number of fused-ring (bicyclic) bond motifs is 1. The van der Waals surface area contributed by atoms with E-state index in [1.807, 2.05) is 0 Å². The number of hydrogen-bond donors (Lipinski definition) is 1. The molecule has 1 aromatic heterocycles. The highest BCUT2D eigenvalue weighted by Gasteiger charge is 2.49. The highest BCUT2D eigenvalue weighted by Crippen LogP contribution is 2.44. The van der Waals surface area contributed by atoms with Gasteiger partial charge >= 0.3 is 5.97 Å². The number of nitrogens with zero attached hydrogens (tertiary/aromatic N) is 7. The molecule has 2 atom stereocenters. The first-order chi connectivity index (χ1) is 22.2. The maximum absolute atomic E-state index is 13.8. The van der Waals surface area contributed by atoms with Crippen molar-refractivity contribution in [2.75, 3.05) is 86.7 Å². The number of ether oxygens (including phenoxy) is 1. The standard InChI is InChI=1S/C36H55N7O3/c1-7-43(8-2)36(34(44)45,32-26(4)27(5)33-29(28(32)6)14-13-25(3)46-33)24-39-19-21-41(22-20-39)31-23-30(40-15-9-10-16-40)37-35(38-31)42-17-11-12-18-42/h23,25H,7-22,24H2,1-6H3,(H,44,45). The molecule has 2 unspecified atom stereocenters. The number of hydrogen-bond acceptors (Lipinski definition) is 9. The number of aromatic nitrogens is 2. The van der Waals surface area contributed by atoms with Gasteiger partial charge in [-0.25, -0.2) is 4.79 Å². The molecule has 0 amide bonds. The largest absolute Gasteiger partial charge is 0.490 e. The van der Waals surface area contributed by atoms with Gasteiger partial charge in [-0.1, -0.05) is 13.8 Å². The summed E-state index contributed by atoms with van der Waals surface area (Å²) in [6.07, 6.45) is 6.85. The van der Waals surface area contributed by atoms with E-state index in [1.165, 1.54) is 31.2 Å². The number of carboxylic acid groups (broad SMARTS) is 1. The minimum absolute atomic E-state index is 0.173. The van der Waals surface area contributed by atoms with Gasteiger partial charge in [0.15, 0.2) is 5.54 Å². The molecule has 5 heterocycles. The molecule has 0 bridgehead atoms. The zero-order valence-corrected chi connectivity index (χ0v) is 29.1. The summed E-state index contributed by atoms with van der Waals surface area (Å²) in [5.41, 5.74) is 4.19. The van der Waals surface area contributed by atoms with Gasteiger partial charge in [0.2, 0.25) is 5.95 Å². The Morgan fingerprint density at radius 1 is 0.870 bits per heavy atom. The molecule has 46 heavy (non-hydrogen) atoms. The molecule has 1 aromatic carbocycles. The van der Waals surface area contributed by atoms with Gasteiger partial charge in [-0.15, -0.1) is 0 Å². The van der Waals surface area contributed by atoms with Gasteiger partial charge in [0.1, 0.15) is 17.4 Å². The van der Waals surface area contributed by atoms with Gasteiger partial charge in [0.25, 0.3) is 0 Å². The Morgan fingerprint density at radius 2 is 1.43 bits per heavy atom. The monoisotopic (exact) mass is 633 g/mol. The van der Waals surface area contributed by atoms with Crippen LogP contribution in [0, 0.1) is 20.8 Å². The topological polar surface area (TPSA) is 88.5 Å². The molecule has 4 aliphatic rings. The third-order valence-electron chi connectivity index (χ3n) is 11.2. The van der Waals surface area contributed by atoms with Crippen LogP contribution < -0.4 is 19.4 Å². The summed E-state index contributed by atoms with van der Waals surface area (Å²) < 4.78 is 6.36. The van der Waals surface area contributed by atoms with E-state index in [0.717, 1.165) is 111 Å². The van der Waals surface area contributed by atoms with Crippen molar-refractivity contribution in [1.82, 2.24) is 19.8 Å². The first-order valence-corrected chi connectivity index (χ1v) is 17.8. The van der Waals surface area contributed by atoms with Gasteiger partial charge in [0, 0.05) is 65.0 Å². The second-order valence-corrected chi connectivity index (χ2v) is 13.9. The van der Waals surface area contributed by atoms with Crippen LogP contribution in [0.3, 0.4) is 0 Å². The van der Waals surface area contributed by atoms with Crippen molar-refractivity contribution in [3.05, 3.63) is 33.9 Å². The first kappa shape index (κ1) is 32.8. The number of piperazine rings is 1. The van der Waals surface area contributed by atoms with Gasteiger partial charge in [-0.05, 0) is 107 Å². The van der Waals surface area contributed by atoms with Crippen LogP contribution in [-0.2, 0) is 16.8 Å². The fourth-order valence-corrected chi connectivity index (χ4v) is 8.48. The van der Waals surface area contributed by atoms with Crippen LogP contribution in [-0.4, -0.2) is 109 Å². The van der Waals surface area contributed by atoms with Crippen LogP contribution in [0.25, 0.3) is 0 Å². The van der Waals surface area contributed by atoms with E-state index in [9.17, 15) is 9.90 Å². The predicted molar refractivity (Wildman–Crippen MR) is 185 cm³/mol. The molecule has 0 spiro atoms. The second kappa shape index (κ2) is 13.6. The van der Waals surface area contributed by atoms with E-state index in [2.05, 4.69) is 72.1 Å².